The molecule has 0 atom stereocenters. The second kappa shape index (κ2) is 10.1. The van der Waals surface area contributed by atoms with Crippen molar-refractivity contribution in [1.82, 2.24) is 14.9 Å². The highest BCUT2D eigenvalue weighted by Crippen LogP contribution is 2.42. The lowest BCUT2D eigenvalue weighted by Crippen LogP contribution is -2.48. The van der Waals surface area contributed by atoms with Gasteiger partial charge in [0.1, 0.15) is 5.65 Å². The second-order valence-electron chi connectivity index (χ2n) is 9.15. The number of benzene rings is 2. The number of amides is 2. The predicted octanol–water partition coefficient (Wildman–Crippen LogP) is 5.65. The highest BCUT2D eigenvalue weighted by atomic mass is 35.5. The third kappa shape index (κ3) is 4.82. The summed E-state index contributed by atoms with van der Waals surface area (Å²) in [6.07, 6.45) is 2.94. The number of carbonyl (C=O) groups excluding carboxylic acids is 2. The van der Waals surface area contributed by atoms with E-state index < -0.39 is 0 Å². The van der Waals surface area contributed by atoms with E-state index in [1.165, 1.54) is 6.08 Å². The number of pyridine rings is 1. The molecule has 8 heteroatoms. The summed E-state index contributed by atoms with van der Waals surface area (Å²) in [5, 5.41) is 4.32. The van der Waals surface area contributed by atoms with Gasteiger partial charge in [0.05, 0.1) is 10.7 Å². The van der Waals surface area contributed by atoms with Crippen LogP contribution in [0.3, 0.4) is 0 Å². The first kappa shape index (κ1) is 24.6. The SMILES string of the molecule is C=CC(=O)Nc1cc(-c2c(-c3ccc(N4CCN(C(C)=O)CC4)cc3)[nH]c3nccc(Cl)c23)ccc1C. The highest BCUT2D eigenvalue weighted by Gasteiger charge is 2.21. The van der Waals surface area contributed by atoms with Crippen LogP contribution in [0.2, 0.25) is 5.02 Å². The maximum absolute atomic E-state index is 12.0. The number of rotatable bonds is 5. The van der Waals surface area contributed by atoms with Gasteiger partial charge in [0.25, 0.3) is 0 Å². The fraction of sp³-hybridized carbons (Fsp3) is 0.207. The average molecular weight is 514 g/mol. The number of aromatic amines is 1. The Balaban J connectivity index is 1.55. The minimum Gasteiger partial charge on any atom is -0.368 e. The molecule has 1 saturated heterocycles. The van der Waals surface area contributed by atoms with Gasteiger partial charge in [-0.2, -0.15) is 0 Å². The van der Waals surface area contributed by atoms with Gasteiger partial charge in [0.15, 0.2) is 0 Å². The van der Waals surface area contributed by atoms with E-state index in [2.05, 4.69) is 51.0 Å². The number of hydrogen-bond donors (Lipinski definition) is 2. The number of aromatic nitrogens is 2. The van der Waals surface area contributed by atoms with Gasteiger partial charge in [-0.05, 0) is 54.0 Å². The summed E-state index contributed by atoms with van der Waals surface area (Å²) in [6.45, 7) is 10.2. The Hall–Kier alpha value is -4.10. The molecule has 2 amide bonds. The maximum Gasteiger partial charge on any atom is 0.247 e. The number of piperazine rings is 1. The summed E-state index contributed by atoms with van der Waals surface area (Å²) in [4.78, 5) is 35.8. The van der Waals surface area contributed by atoms with E-state index in [1.54, 1.807) is 19.2 Å². The van der Waals surface area contributed by atoms with Crippen LogP contribution in [0.25, 0.3) is 33.4 Å². The summed E-state index contributed by atoms with van der Waals surface area (Å²) in [5.41, 5.74) is 7.18. The van der Waals surface area contributed by atoms with Crippen molar-refractivity contribution < 1.29 is 9.59 Å². The summed E-state index contributed by atoms with van der Waals surface area (Å²) >= 11 is 6.67. The Morgan fingerprint density at radius 1 is 1.05 bits per heavy atom. The zero-order chi connectivity index (χ0) is 26.1. The average Bonchev–Trinajstić information content (AvgIpc) is 3.31. The van der Waals surface area contributed by atoms with Crippen LogP contribution in [-0.2, 0) is 9.59 Å². The molecule has 0 saturated carbocycles. The molecule has 5 rings (SSSR count). The molecule has 0 aliphatic carbocycles. The third-order valence-corrected chi connectivity index (χ3v) is 7.17. The standard InChI is InChI=1S/C29H28ClN5O2/c1-4-25(37)32-24-17-21(6-5-18(24)2)26-27-23(30)11-12-31-29(27)33-28(26)20-7-9-22(10-8-20)35-15-13-34(14-16-35)19(3)36/h4-12,17H,1,13-16H2,2-3H3,(H,31,33)(H,32,37). The summed E-state index contributed by atoms with van der Waals surface area (Å²) < 4.78 is 0. The Morgan fingerprint density at radius 3 is 2.43 bits per heavy atom. The van der Waals surface area contributed by atoms with Crippen LogP contribution >= 0.6 is 11.6 Å². The quantitative estimate of drug-likeness (QED) is 0.338. The van der Waals surface area contributed by atoms with Crippen molar-refractivity contribution in [3.8, 4) is 22.4 Å². The fourth-order valence-electron chi connectivity index (χ4n) is 4.80. The molecule has 2 aromatic carbocycles. The Kier molecular flexibility index (Phi) is 6.72. The molecule has 2 N–H and O–H groups in total. The highest BCUT2D eigenvalue weighted by molar-refractivity contribution is 6.36. The lowest BCUT2D eigenvalue weighted by Gasteiger charge is -2.35. The molecule has 1 aliphatic heterocycles. The summed E-state index contributed by atoms with van der Waals surface area (Å²) in [5.74, 6) is -0.143. The molecule has 0 spiro atoms. The molecule has 37 heavy (non-hydrogen) atoms. The largest absolute Gasteiger partial charge is 0.368 e. The minimum absolute atomic E-state index is 0.122. The van der Waals surface area contributed by atoms with Crippen molar-refractivity contribution in [3.63, 3.8) is 0 Å². The monoisotopic (exact) mass is 513 g/mol. The molecule has 1 aliphatic rings. The number of fused-ring (bicyclic) bond motifs is 1. The van der Waals surface area contributed by atoms with Gasteiger partial charge in [-0.15, -0.1) is 0 Å². The molecule has 0 unspecified atom stereocenters. The van der Waals surface area contributed by atoms with Crippen molar-refractivity contribution in [1.29, 1.82) is 0 Å². The van der Waals surface area contributed by atoms with Crippen LogP contribution in [0.4, 0.5) is 11.4 Å². The summed E-state index contributed by atoms with van der Waals surface area (Å²) in [6, 6.07) is 16.1. The van der Waals surface area contributed by atoms with Gasteiger partial charge >= 0.3 is 0 Å². The van der Waals surface area contributed by atoms with E-state index in [0.29, 0.717) is 16.4 Å². The van der Waals surface area contributed by atoms with Gasteiger partial charge < -0.3 is 20.1 Å². The van der Waals surface area contributed by atoms with Crippen molar-refractivity contribution in [2.75, 3.05) is 36.4 Å². The van der Waals surface area contributed by atoms with E-state index in [1.807, 2.05) is 30.0 Å². The van der Waals surface area contributed by atoms with Gasteiger partial charge in [0, 0.05) is 61.6 Å². The summed E-state index contributed by atoms with van der Waals surface area (Å²) in [7, 11) is 0. The zero-order valence-electron chi connectivity index (χ0n) is 20.8. The van der Waals surface area contributed by atoms with Crippen LogP contribution in [0.5, 0.6) is 0 Å². The van der Waals surface area contributed by atoms with E-state index in [-0.39, 0.29) is 11.8 Å². The number of anilines is 2. The fourth-order valence-corrected chi connectivity index (χ4v) is 5.04. The van der Waals surface area contributed by atoms with E-state index >= 15 is 0 Å². The van der Waals surface area contributed by atoms with Crippen LogP contribution < -0.4 is 10.2 Å². The number of aryl methyl sites for hydroxylation is 1. The molecule has 0 bridgehead atoms. The Bertz CT molecular complexity index is 1500. The smallest absolute Gasteiger partial charge is 0.247 e. The van der Waals surface area contributed by atoms with Crippen molar-refractivity contribution in [2.45, 2.75) is 13.8 Å². The van der Waals surface area contributed by atoms with Crippen molar-refractivity contribution in [2.24, 2.45) is 0 Å². The number of nitrogens with zero attached hydrogens (tertiary/aromatic N) is 3. The van der Waals surface area contributed by atoms with Crippen molar-refractivity contribution >= 4 is 45.8 Å². The molecule has 2 aromatic heterocycles. The second-order valence-corrected chi connectivity index (χ2v) is 9.56. The van der Waals surface area contributed by atoms with E-state index in [0.717, 1.165) is 65.2 Å². The molecule has 4 aromatic rings. The van der Waals surface area contributed by atoms with E-state index in [9.17, 15) is 9.59 Å². The molecular weight excluding hydrogens is 486 g/mol. The number of nitrogens with one attached hydrogen (secondary N) is 2. The maximum atomic E-state index is 12.0. The van der Waals surface area contributed by atoms with Crippen LogP contribution in [-0.4, -0.2) is 52.9 Å². The van der Waals surface area contributed by atoms with Crippen molar-refractivity contribution in [3.05, 3.63) is 78.0 Å². The van der Waals surface area contributed by atoms with E-state index in [4.69, 9.17) is 11.6 Å². The first-order valence-corrected chi connectivity index (χ1v) is 12.5. The molecule has 7 nitrogen and oxygen atoms in total. The zero-order valence-corrected chi connectivity index (χ0v) is 21.6. The number of carbonyl (C=O) groups is 2. The first-order chi connectivity index (χ1) is 17.9. The lowest BCUT2D eigenvalue weighted by molar-refractivity contribution is -0.129. The molecule has 0 radical (unpaired) electrons. The van der Waals surface area contributed by atoms with Gasteiger partial charge in [-0.1, -0.05) is 42.4 Å². The first-order valence-electron chi connectivity index (χ1n) is 12.2. The number of H-pyrrole nitrogens is 1. The van der Waals surface area contributed by atoms with Crippen LogP contribution in [0.15, 0.2) is 67.4 Å². The topological polar surface area (TPSA) is 81.3 Å². The Morgan fingerprint density at radius 2 is 1.76 bits per heavy atom. The lowest BCUT2D eigenvalue weighted by atomic mass is 9.97. The normalized spacial score (nSPS) is 13.6. The minimum atomic E-state index is -0.265. The van der Waals surface area contributed by atoms with Crippen LogP contribution in [0.1, 0.15) is 12.5 Å². The van der Waals surface area contributed by atoms with Gasteiger partial charge in [-0.25, -0.2) is 4.98 Å². The Labute approximate surface area is 220 Å². The van der Waals surface area contributed by atoms with Crippen LogP contribution in [0, 0.1) is 6.92 Å². The molecule has 3 heterocycles. The number of hydrogen-bond acceptors (Lipinski definition) is 4. The number of halogens is 1. The molecule has 1 fully saturated rings. The third-order valence-electron chi connectivity index (χ3n) is 6.86. The van der Waals surface area contributed by atoms with Gasteiger partial charge in [0.2, 0.25) is 11.8 Å². The van der Waals surface area contributed by atoms with Gasteiger partial charge in [-0.3, -0.25) is 9.59 Å². The predicted molar refractivity (Wildman–Crippen MR) is 150 cm³/mol. The molecular formula is C29H28ClN5O2. The molecule has 188 valence electrons.